The molecule has 1 fully saturated rings. The minimum absolute atomic E-state index is 0.0165. The summed E-state index contributed by atoms with van der Waals surface area (Å²) in [5, 5.41) is 0. The zero-order chi connectivity index (χ0) is 25.4. The van der Waals surface area contributed by atoms with Gasteiger partial charge in [0, 0.05) is 19.3 Å². The Bertz CT molecular complexity index is 1210. The van der Waals surface area contributed by atoms with E-state index in [0.717, 1.165) is 29.3 Å². The lowest BCUT2D eigenvalue weighted by atomic mass is 9.97. The van der Waals surface area contributed by atoms with Gasteiger partial charge in [0.15, 0.2) is 5.78 Å². The van der Waals surface area contributed by atoms with Crippen LogP contribution in [0.1, 0.15) is 54.6 Å². The molecule has 0 aliphatic carbocycles. The normalized spacial score (nSPS) is 19.3. The second-order valence-corrected chi connectivity index (χ2v) is 10.9. The van der Waals surface area contributed by atoms with Gasteiger partial charge >= 0.3 is 6.18 Å². The molecule has 190 valence electrons. The van der Waals surface area contributed by atoms with Gasteiger partial charge in [-0.2, -0.15) is 13.2 Å². The fourth-order valence-electron chi connectivity index (χ4n) is 4.55. The van der Waals surface area contributed by atoms with Gasteiger partial charge < -0.3 is 9.47 Å². The molecule has 0 bridgehead atoms. The quantitative estimate of drug-likeness (QED) is 0.496. The Labute approximate surface area is 203 Å². The van der Waals surface area contributed by atoms with Crippen molar-refractivity contribution in [3.63, 3.8) is 0 Å². The predicted molar refractivity (Wildman–Crippen MR) is 124 cm³/mol. The van der Waals surface area contributed by atoms with Crippen molar-refractivity contribution in [3.8, 4) is 5.75 Å². The Morgan fingerprint density at radius 1 is 1.11 bits per heavy atom. The third-order valence-corrected chi connectivity index (χ3v) is 8.51. The van der Waals surface area contributed by atoms with Crippen LogP contribution in [-0.4, -0.2) is 40.1 Å². The molecule has 0 spiro atoms. The van der Waals surface area contributed by atoms with E-state index in [4.69, 9.17) is 9.47 Å². The van der Waals surface area contributed by atoms with E-state index < -0.39 is 27.8 Å². The number of Topliss-reactive ketones (excluding diaryl/α,β-unsaturated/α-hetero) is 1. The van der Waals surface area contributed by atoms with Crippen LogP contribution in [0.2, 0.25) is 0 Å². The van der Waals surface area contributed by atoms with E-state index in [1.807, 2.05) is 0 Å². The highest BCUT2D eigenvalue weighted by molar-refractivity contribution is 7.92. The number of benzene rings is 2. The smallest absolute Gasteiger partial charge is 0.416 e. The molecule has 0 unspecified atom stereocenters. The van der Waals surface area contributed by atoms with Gasteiger partial charge in [0.1, 0.15) is 5.75 Å². The number of anilines is 1. The predicted octanol–water partition coefficient (Wildman–Crippen LogP) is 5.24. The minimum Gasteiger partial charge on any atom is -0.493 e. The van der Waals surface area contributed by atoms with Crippen molar-refractivity contribution in [2.45, 2.75) is 56.6 Å². The summed E-state index contributed by atoms with van der Waals surface area (Å²) < 4.78 is 79.7. The third-order valence-electron chi connectivity index (χ3n) is 6.58. The molecule has 1 saturated heterocycles. The van der Waals surface area contributed by atoms with E-state index in [0.29, 0.717) is 38.2 Å². The van der Waals surface area contributed by atoms with Crippen molar-refractivity contribution < 1.29 is 35.9 Å². The number of halogens is 3. The number of hydrogen-bond acceptors (Lipinski definition) is 5. The maximum atomic E-state index is 13.7. The summed E-state index contributed by atoms with van der Waals surface area (Å²) in [6.07, 6.45) is -1.99. The van der Waals surface area contributed by atoms with Crippen molar-refractivity contribution in [2.75, 3.05) is 24.1 Å². The topological polar surface area (TPSA) is 72.9 Å². The molecule has 0 saturated carbocycles. The van der Waals surface area contributed by atoms with Crippen molar-refractivity contribution in [1.29, 1.82) is 0 Å². The molecule has 1 atom stereocenters. The summed E-state index contributed by atoms with van der Waals surface area (Å²) in [5.41, 5.74) is -0.246. The molecule has 2 aliphatic heterocycles. The molecule has 0 radical (unpaired) electrons. The van der Waals surface area contributed by atoms with Crippen LogP contribution in [0.3, 0.4) is 0 Å². The standard InChI is InChI=1S/C25H28F3NO5S/c1-16-3-4-19-5-6-20(25(26,27)28)13-23(19)29(16)35(31,32)21-7-8-24(22(14-21)17(2)30)34-15-18-9-11-33-12-10-18/h5-8,13-14,16,18H,3-4,9-12,15H2,1-2H3/t16-/m0/s1. The van der Waals surface area contributed by atoms with Crippen molar-refractivity contribution in [3.05, 3.63) is 53.1 Å². The number of fused-ring (bicyclic) bond motifs is 1. The van der Waals surface area contributed by atoms with Gasteiger partial charge in [-0.05, 0) is 81.3 Å². The Hall–Kier alpha value is -2.59. The number of aryl methyl sites for hydroxylation is 1. The molecule has 6 nitrogen and oxygen atoms in total. The summed E-state index contributed by atoms with van der Waals surface area (Å²) in [6.45, 7) is 4.67. The SMILES string of the molecule is CC(=O)c1cc(S(=O)(=O)N2c3cc(C(F)(F)F)ccc3CC[C@@H]2C)ccc1OCC1CCOCC1. The highest BCUT2D eigenvalue weighted by atomic mass is 32.2. The Balaban J connectivity index is 1.69. The molecule has 2 aliphatic rings. The molecule has 2 aromatic rings. The van der Waals surface area contributed by atoms with Crippen LogP contribution >= 0.6 is 0 Å². The Morgan fingerprint density at radius 3 is 2.49 bits per heavy atom. The van der Waals surface area contributed by atoms with Gasteiger partial charge in [-0.25, -0.2) is 8.42 Å². The molecular formula is C25H28F3NO5S. The number of carbonyl (C=O) groups excluding carboxylic acids is 1. The fourth-order valence-corrected chi connectivity index (χ4v) is 6.29. The van der Waals surface area contributed by atoms with Crippen molar-refractivity contribution in [2.24, 2.45) is 5.92 Å². The summed E-state index contributed by atoms with van der Waals surface area (Å²) >= 11 is 0. The monoisotopic (exact) mass is 511 g/mol. The maximum absolute atomic E-state index is 13.7. The van der Waals surface area contributed by atoms with Crippen LogP contribution in [0.25, 0.3) is 0 Å². The molecule has 0 amide bonds. The number of sulfonamides is 1. The van der Waals surface area contributed by atoms with Crippen LogP contribution in [0, 0.1) is 5.92 Å². The third kappa shape index (κ3) is 5.33. The second-order valence-electron chi connectivity index (χ2n) is 9.11. The van der Waals surface area contributed by atoms with Crippen LogP contribution < -0.4 is 9.04 Å². The largest absolute Gasteiger partial charge is 0.493 e. The van der Waals surface area contributed by atoms with E-state index >= 15 is 0 Å². The second kappa shape index (κ2) is 9.81. The van der Waals surface area contributed by atoms with Crippen LogP contribution in [0.4, 0.5) is 18.9 Å². The zero-order valence-electron chi connectivity index (χ0n) is 19.6. The maximum Gasteiger partial charge on any atom is 0.416 e. The number of carbonyl (C=O) groups is 1. The zero-order valence-corrected chi connectivity index (χ0v) is 20.4. The number of ether oxygens (including phenoxy) is 2. The van der Waals surface area contributed by atoms with Crippen LogP contribution in [0.5, 0.6) is 5.75 Å². The van der Waals surface area contributed by atoms with Gasteiger partial charge in [0.2, 0.25) is 0 Å². The van der Waals surface area contributed by atoms with Crippen LogP contribution in [0.15, 0.2) is 41.3 Å². The summed E-state index contributed by atoms with van der Waals surface area (Å²) in [5.74, 6) is 0.199. The summed E-state index contributed by atoms with van der Waals surface area (Å²) in [6, 6.07) is 6.69. The Kier molecular flexibility index (Phi) is 7.15. The first-order valence-corrected chi connectivity index (χ1v) is 13.0. The van der Waals surface area contributed by atoms with E-state index in [-0.39, 0.29) is 33.6 Å². The average molecular weight is 512 g/mol. The van der Waals surface area contributed by atoms with Gasteiger partial charge in [0.25, 0.3) is 10.0 Å². The van der Waals surface area contributed by atoms with E-state index in [9.17, 15) is 26.4 Å². The van der Waals surface area contributed by atoms with E-state index in [1.165, 1.54) is 31.2 Å². The molecule has 35 heavy (non-hydrogen) atoms. The lowest BCUT2D eigenvalue weighted by Gasteiger charge is -2.36. The van der Waals surface area contributed by atoms with Gasteiger partial charge in [0.05, 0.1) is 28.3 Å². The number of alkyl halides is 3. The Morgan fingerprint density at radius 2 is 1.83 bits per heavy atom. The lowest BCUT2D eigenvalue weighted by Crippen LogP contribution is -2.42. The highest BCUT2D eigenvalue weighted by Gasteiger charge is 2.37. The van der Waals surface area contributed by atoms with Crippen molar-refractivity contribution in [1.82, 2.24) is 0 Å². The first kappa shape index (κ1) is 25.5. The molecule has 10 heteroatoms. The van der Waals surface area contributed by atoms with E-state index in [2.05, 4.69) is 0 Å². The van der Waals surface area contributed by atoms with Gasteiger partial charge in [-0.1, -0.05) is 6.07 Å². The van der Waals surface area contributed by atoms with Gasteiger partial charge in [-0.3, -0.25) is 9.10 Å². The molecule has 2 aromatic carbocycles. The molecular weight excluding hydrogens is 483 g/mol. The molecule has 0 aromatic heterocycles. The van der Waals surface area contributed by atoms with Crippen LogP contribution in [-0.2, 0) is 27.4 Å². The molecule has 0 N–H and O–H groups in total. The number of hydrogen-bond donors (Lipinski definition) is 0. The average Bonchev–Trinajstić information content (AvgIpc) is 2.82. The highest BCUT2D eigenvalue weighted by Crippen LogP contribution is 2.40. The number of nitrogens with zero attached hydrogens (tertiary/aromatic N) is 1. The molecule has 2 heterocycles. The van der Waals surface area contributed by atoms with Gasteiger partial charge in [-0.15, -0.1) is 0 Å². The summed E-state index contributed by atoms with van der Waals surface area (Å²) in [7, 11) is -4.25. The fraction of sp³-hybridized carbons (Fsp3) is 0.480. The summed E-state index contributed by atoms with van der Waals surface area (Å²) in [4.78, 5) is 12.2. The first-order chi connectivity index (χ1) is 16.5. The van der Waals surface area contributed by atoms with E-state index in [1.54, 1.807) is 6.92 Å². The minimum atomic E-state index is -4.60. The molecule has 4 rings (SSSR count). The number of ketones is 1. The number of rotatable bonds is 6. The first-order valence-electron chi connectivity index (χ1n) is 11.6. The lowest BCUT2D eigenvalue weighted by molar-refractivity contribution is -0.137. The van der Waals surface area contributed by atoms with Crippen molar-refractivity contribution >= 4 is 21.5 Å².